The molecule has 0 unspecified atom stereocenters. The fraction of sp³-hybridized carbons (Fsp3) is 0.444. The number of carbonyl (C=O) groups excluding carboxylic acids is 2. The van der Waals surface area contributed by atoms with E-state index in [1.54, 1.807) is 43.3 Å². The van der Waals surface area contributed by atoms with Crippen LogP contribution in [0.3, 0.4) is 0 Å². The number of rotatable bonds is 8. The third-order valence-corrected chi connectivity index (χ3v) is 4.07. The van der Waals surface area contributed by atoms with Crippen LogP contribution < -0.4 is 4.74 Å². The highest BCUT2D eigenvalue weighted by Crippen LogP contribution is 2.32. The third-order valence-electron chi connectivity index (χ3n) is 4.07. The summed E-state index contributed by atoms with van der Waals surface area (Å²) in [6.07, 6.45) is 1.67. The van der Waals surface area contributed by atoms with E-state index in [1.165, 1.54) is 4.90 Å². The molecule has 0 atom stereocenters. The van der Waals surface area contributed by atoms with Crippen molar-refractivity contribution in [3.05, 3.63) is 35.5 Å². The van der Waals surface area contributed by atoms with Gasteiger partial charge in [0.1, 0.15) is 11.4 Å². The van der Waals surface area contributed by atoms with Crippen molar-refractivity contribution in [3.8, 4) is 5.75 Å². The molecule has 0 saturated carbocycles. The highest BCUT2D eigenvalue weighted by molar-refractivity contribution is 6.35. The summed E-state index contributed by atoms with van der Waals surface area (Å²) >= 11 is 0. The van der Waals surface area contributed by atoms with E-state index >= 15 is 0 Å². The first kappa shape index (κ1) is 18.0. The molecular weight excluding hydrogens is 308 g/mol. The molecule has 24 heavy (non-hydrogen) atoms. The summed E-state index contributed by atoms with van der Waals surface area (Å²) < 4.78 is 5.15. The second kappa shape index (κ2) is 7.97. The predicted octanol–water partition coefficient (Wildman–Crippen LogP) is 1.50. The summed E-state index contributed by atoms with van der Waals surface area (Å²) in [4.78, 5) is 28.5. The highest BCUT2D eigenvalue weighted by atomic mass is 16.5. The van der Waals surface area contributed by atoms with Gasteiger partial charge in [-0.2, -0.15) is 0 Å². The molecule has 1 aliphatic heterocycles. The van der Waals surface area contributed by atoms with Crippen molar-refractivity contribution in [3.63, 3.8) is 0 Å². The molecular formula is C18H24N2O4. The molecule has 6 nitrogen and oxygen atoms in total. The zero-order valence-corrected chi connectivity index (χ0v) is 14.4. The third kappa shape index (κ3) is 3.43. The van der Waals surface area contributed by atoms with Gasteiger partial charge in [0.15, 0.2) is 0 Å². The Labute approximate surface area is 142 Å². The van der Waals surface area contributed by atoms with Gasteiger partial charge in [-0.3, -0.25) is 14.5 Å². The van der Waals surface area contributed by atoms with Gasteiger partial charge in [0.25, 0.3) is 11.8 Å². The Balaban J connectivity index is 2.45. The van der Waals surface area contributed by atoms with Crippen molar-refractivity contribution in [2.45, 2.75) is 19.8 Å². The van der Waals surface area contributed by atoms with Crippen LogP contribution in [0.5, 0.6) is 5.75 Å². The number of carbonyl (C=O) groups is 2. The first-order chi connectivity index (χ1) is 11.5. The molecule has 0 fully saturated rings. The fourth-order valence-corrected chi connectivity index (χ4v) is 2.72. The van der Waals surface area contributed by atoms with Crippen LogP contribution in [0.15, 0.2) is 30.0 Å². The standard InChI is InChI=1S/C18H24N2O4/c1-4-5-10-20-17(22)15(13-6-8-14(24-3)9-7-13)16(18(20)23)19(2)11-12-21/h6-9,21H,4-5,10-12H2,1-3H3. The summed E-state index contributed by atoms with van der Waals surface area (Å²) in [5.74, 6) is 0.109. The number of methoxy groups -OCH3 is 1. The lowest BCUT2D eigenvalue weighted by Gasteiger charge is -2.20. The number of amides is 2. The number of nitrogens with zero attached hydrogens (tertiary/aromatic N) is 2. The van der Waals surface area contributed by atoms with E-state index in [4.69, 9.17) is 4.74 Å². The average molecular weight is 332 g/mol. The van der Waals surface area contributed by atoms with Crippen molar-refractivity contribution >= 4 is 17.4 Å². The normalized spacial score (nSPS) is 14.6. The molecule has 6 heteroatoms. The number of aliphatic hydroxyl groups is 1. The van der Waals surface area contributed by atoms with Gasteiger partial charge in [-0.15, -0.1) is 0 Å². The Morgan fingerprint density at radius 1 is 1.17 bits per heavy atom. The summed E-state index contributed by atoms with van der Waals surface area (Å²) in [5.41, 5.74) is 1.40. The van der Waals surface area contributed by atoms with Gasteiger partial charge >= 0.3 is 0 Å². The van der Waals surface area contributed by atoms with E-state index in [0.29, 0.717) is 29.1 Å². The average Bonchev–Trinajstić information content (AvgIpc) is 2.84. The lowest BCUT2D eigenvalue weighted by atomic mass is 10.0. The number of benzene rings is 1. The van der Waals surface area contributed by atoms with Crippen LogP contribution in [0, 0.1) is 0 Å². The first-order valence-electron chi connectivity index (χ1n) is 8.12. The number of aliphatic hydroxyl groups excluding tert-OH is 1. The number of unbranched alkanes of at least 4 members (excludes halogenated alkanes) is 1. The van der Waals surface area contributed by atoms with Crippen LogP contribution in [-0.2, 0) is 9.59 Å². The van der Waals surface area contributed by atoms with Gasteiger partial charge in [0, 0.05) is 20.1 Å². The quantitative estimate of drug-likeness (QED) is 0.731. The summed E-state index contributed by atoms with van der Waals surface area (Å²) in [6, 6.07) is 7.07. The molecule has 1 aromatic carbocycles. The van der Waals surface area contributed by atoms with Crippen LogP contribution in [0.1, 0.15) is 25.3 Å². The second-order valence-corrected chi connectivity index (χ2v) is 5.71. The van der Waals surface area contributed by atoms with E-state index in [0.717, 1.165) is 12.8 Å². The Bertz CT molecular complexity index is 637. The molecule has 0 saturated heterocycles. The topological polar surface area (TPSA) is 70.1 Å². The van der Waals surface area contributed by atoms with Crippen molar-refractivity contribution in [2.24, 2.45) is 0 Å². The van der Waals surface area contributed by atoms with Gasteiger partial charge in [0.2, 0.25) is 0 Å². The zero-order valence-electron chi connectivity index (χ0n) is 14.4. The van der Waals surface area contributed by atoms with Crippen molar-refractivity contribution in [2.75, 3.05) is 33.9 Å². The maximum atomic E-state index is 12.8. The number of imide groups is 1. The van der Waals surface area contributed by atoms with E-state index in [1.807, 2.05) is 6.92 Å². The fourth-order valence-electron chi connectivity index (χ4n) is 2.72. The lowest BCUT2D eigenvalue weighted by molar-refractivity contribution is -0.137. The van der Waals surface area contributed by atoms with Gasteiger partial charge < -0.3 is 14.7 Å². The number of likely N-dealkylation sites (N-methyl/N-ethyl adjacent to an activating group) is 1. The van der Waals surface area contributed by atoms with Crippen LogP contribution in [0.25, 0.3) is 5.57 Å². The van der Waals surface area contributed by atoms with Gasteiger partial charge in [0.05, 0.1) is 19.3 Å². The Morgan fingerprint density at radius 2 is 1.83 bits per heavy atom. The van der Waals surface area contributed by atoms with Gasteiger partial charge in [-0.25, -0.2) is 0 Å². The molecule has 0 bridgehead atoms. The zero-order chi connectivity index (χ0) is 17.7. The molecule has 1 heterocycles. The molecule has 1 N–H and O–H groups in total. The summed E-state index contributed by atoms with van der Waals surface area (Å²) in [6.45, 7) is 2.62. The maximum Gasteiger partial charge on any atom is 0.277 e. The largest absolute Gasteiger partial charge is 0.497 e. The predicted molar refractivity (Wildman–Crippen MR) is 91.3 cm³/mol. The minimum Gasteiger partial charge on any atom is -0.497 e. The molecule has 0 aromatic heterocycles. The lowest BCUT2D eigenvalue weighted by Crippen LogP contribution is -2.35. The monoisotopic (exact) mass is 332 g/mol. The van der Waals surface area contributed by atoms with E-state index in [2.05, 4.69) is 0 Å². The molecule has 0 aliphatic carbocycles. The van der Waals surface area contributed by atoms with Crippen LogP contribution in [0.4, 0.5) is 0 Å². The van der Waals surface area contributed by atoms with Crippen molar-refractivity contribution in [1.29, 1.82) is 0 Å². The molecule has 1 aromatic rings. The second-order valence-electron chi connectivity index (χ2n) is 5.71. The molecule has 0 radical (unpaired) electrons. The van der Waals surface area contributed by atoms with Crippen LogP contribution in [-0.4, -0.2) is 60.6 Å². The van der Waals surface area contributed by atoms with Crippen molar-refractivity contribution in [1.82, 2.24) is 9.80 Å². The molecule has 2 rings (SSSR count). The van der Waals surface area contributed by atoms with Crippen LogP contribution in [0.2, 0.25) is 0 Å². The van der Waals surface area contributed by atoms with E-state index in [9.17, 15) is 14.7 Å². The molecule has 2 amide bonds. The Hall–Kier alpha value is -2.34. The number of ether oxygens (including phenoxy) is 1. The smallest absolute Gasteiger partial charge is 0.277 e. The molecule has 1 aliphatic rings. The minimum absolute atomic E-state index is 0.0909. The SMILES string of the molecule is CCCCN1C(=O)C(c2ccc(OC)cc2)=C(N(C)CCO)C1=O. The molecule has 130 valence electrons. The minimum atomic E-state index is -0.296. The summed E-state index contributed by atoms with van der Waals surface area (Å²) in [5, 5.41) is 9.19. The highest BCUT2D eigenvalue weighted by Gasteiger charge is 2.40. The maximum absolute atomic E-state index is 12.8. The Kier molecular flexibility index (Phi) is 5.98. The Morgan fingerprint density at radius 3 is 2.38 bits per heavy atom. The van der Waals surface area contributed by atoms with E-state index in [-0.39, 0.29) is 25.0 Å². The van der Waals surface area contributed by atoms with Crippen molar-refractivity contribution < 1.29 is 19.4 Å². The van der Waals surface area contributed by atoms with Crippen LogP contribution >= 0.6 is 0 Å². The summed E-state index contributed by atoms with van der Waals surface area (Å²) in [7, 11) is 3.29. The van der Waals surface area contributed by atoms with Gasteiger partial charge in [-0.05, 0) is 24.1 Å². The van der Waals surface area contributed by atoms with Gasteiger partial charge in [-0.1, -0.05) is 25.5 Å². The first-order valence-corrected chi connectivity index (χ1v) is 8.12. The number of hydrogen-bond donors (Lipinski definition) is 1. The number of hydrogen-bond acceptors (Lipinski definition) is 5. The molecule has 0 spiro atoms. The van der Waals surface area contributed by atoms with E-state index < -0.39 is 0 Å².